The van der Waals surface area contributed by atoms with Gasteiger partial charge in [0, 0.05) is 56.0 Å². The monoisotopic (exact) mass is 363 g/mol. The Morgan fingerprint density at radius 1 is 1.15 bits per heavy atom. The zero-order valence-corrected chi connectivity index (χ0v) is 16.6. The summed E-state index contributed by atoms with van der Waals surface area (Å²) in [6.45, 7) is 13.0. The molecule has 6 nitrogen and oxygen atoms in total. The molecular weight excluding hydrogens is 330 g/mol. The first-order valence-electron chi connectivity index (χ1n) is 9.97. The van der Waals surface area contributed by atoms with Crippen LogP contribution in [0, 0.1) is 0 Å². The van der Waals surface area contributed by atoms with Crippen LogP contribution in [0.2, 0.25) is 0 Å². The molecule has 2 fully saturated rings. The van der Waals surface area contributed by atoms with Crippen molar-refractivity contribution in [3.05, 3.63) is 12.2 Å². The molecule has 0 saturated carbocycles. The lowest BCUT2D eigenvalue weighted by Crippen LogP contribution is -2.57. The zero-order valence-electron chi connectivity index (χ0n) is 16.6. The quantitative estimate of drug-likeness (QED) is 0.583. The summed E-state index contributed by atoms with van der Waals surface area (Å²) in [6, 6.07) is 1.07. The van der Waals surface area contributed by atoms with Gasteiger partial charge in [-0.1, -0.05) is 13.3 Å². The maximum atomic E-state index is 11.7. The van der Waals surface area contributed by atoms with Gasteiger partial charge in [-0.05, 0) is 33.6 Å². The van der Waals surface area contributed by atoms with E-state index in [1.165, 1.54) is 23.5 Å². The Hall–Kier alpha value is -1.24. The summed E-state index contributed by atoms with van der Waals surface area (Å²) in [5.41, 5.74) is 0.0400. The number of imide groups is 1. The van der Waals surface area contributed by atoms with Gasteiger partial charge < -0.3 is 4.74 Å². The van der Waals surface area contributed by atoms with Gasteiger partial charge in [0.25, 0.3) is 11.8 Å². The molecule has 3 rings (SSSR count). The Bertz CT molecular complexity index is 557. The molecule has 26 heavy (non-hydrogen) atoms. The highest BCUT2D eigenvalue weighted by Crippen LogP contribution is 2.35. The lowest BCUT2D eigenvalue weighted by molar-refractivity contribution is -0.137. The summed E-state index contributed by atoms with van der Waals surface area (Å²) in [5.74, 6) is -0.360. The number of fused-ring (bicyclic) bond motifs is 2. The van der Waals surface area contributed by atoms with Crippen LogP contribution in [0.1, 0.15) is 47.0 Å². The number of piperazine rings is 1. The molecule has 0 aromatic rings. The molecule has 2 saturated heterocycles. The van der Waals surface area contributed by atoms with Crippen molar-refractivity contribution in [2.24, 2.45) is 0 Å². The number of carbonyl (C=O) groups excluding carboxylic acids is 2. The number of amides is 2. The van der Waals surface area contributed by atoms with Crippen molar-refractivity contribution in [1.29, 1.82) is 0 Å². The van der Waals surface area contributed by atoms with Gasteiger partial charge in [-0.2, -0.15) is 0 Å². The van der Waals surface area contributed by atoms with Crippen molar-refractivity contribution in [1.82, 2.24) is 14.7 Å². The van der Waals surface area contributed by atoms with Crippen LogP contribution in [-0.4, -0.2) is 83.0 Å². The van der Waals surface area contributed by atoms with E-state index in [0.717, 1.165) is 39.1 Å². The Morgan fingerprint density at radius 2 is 1.85 bits per heavy atom. The molecule has 2 amide bonds. The minimum absolute atomic E-state index is 0.0400. The van der Waals surface area contributed by atoms with E-state index in [1.807, 2.05) is 0 Å². The van der Waals surface area contributed by atoms with E-state index in [9.17, 15) is 9.59 Å². The topological polar surface area (TPSA) is 53.1 Å². The molecule has 6 heteroatoms. The average molecular weight is 364 g/mol. The van der Waals surface area contributed by atoms with Crippen LogP contribution in [0.25, 0.3) is 0 Å². The van der Waals surface area contributed by atoms with Crippen LogP contribution >= 0.6 is 0 Å². The van der Waals surface area contributed by atoms with Gasteiger partial charge in [0.2, 0.25) is 0 Å². The van der Waals surface area contributed by atoms with Crippen LogP contribution in [0.5, 0.6) is 0 Å². The summed E-state index contributed by atoms with van der Waals surface area (Å²) in [6.07, 6.45) is 6.49. The maximum Gasteiger partial charge on any atom is 0.253 e. The molecule has 0 aliphatic carbocycles. The molecule has 3 unspecified atom stereocenters. The molecule has 0 N–H and O–H groups in total. The molecule has 3 atom stereocenters. The highest BCUT2D eigenvalue weighted by Gasteiger charge is 2.48. The van der Waals surface area contributed by atoms with Crippen molar-refractivity contribution in [2.75, 3.05) is 32.8 Å². The largest absolute Gasteiger partial charge is 0.377 e. The van der Waals surface area contributed by atoms with Crippen LogP contribution in [0.15, 0.2) is 12.2 Å². The van der Waals surface area contributed by atoms with Gasteiger partial charge in [0.15, 0.2) is 0 Å². The summed E-state index contributed by atoms with van der Waals surface area (Å²) in [7, 11) is 0. The molecule has 0 aromatic carbocycles. The van der Waals surface area contributed by atoms with Crippen molar-refractivity contribution in [3.63, 3.8) is 0 Å². The van der Waals surface area contributed by atoms with Crippen LogP contribution in [-0.2, 0) is 14.3 Å². The maximum absolute atomic E-state index is 11.7. The second-order valence-corrected chi connectivity index (χ2v) is 8.57. The summed E-state index contributed by atoms with van der Waals surface area (Å²) in [5, 5.41) is 0. The Balaban J connectivity index is 1.47. The molecule has 146 valence electrons. The van der Waals surface area contributed by atoms with Crippen LogP contribution in [0.3, 0.4) is 0 Å². The second-order valence-electron chi connectivity index (χ2n) is 8.57. The van der Waals surface area contributed by atoms with Gasteiger partial charge in [-0.25, -0.2) is 0 Å². The number of nitrogens with zero attached hydrogens (tertiary/aromatic N) is 3. The SMILES string of the molecule is CCCC(C)OCC(C)(C)N1CC2CC1CN2CCN1C(=O)C=CC1=O. The van der Waals surface area contributed by atoms with E-state index in [0.29, 0.717) is 24.7 Å². The van der Waals surface area contributed by atoms with E-state index < -0.39 is 0 Å². The van der Waals surface area contributed by atoms with Crippen molar-refractivity contribution in [3.8, 4) is 0 Å². The van der Waals surface area contributed by atoms with Gasteiger partial charge in [-0.3, -0.25) is 24.3 Å². The number of likely N-dealkylation sites (tertiary alicyclic amines) is 2. The van der Waals surface area contributed by atoms with E-state index in [1.54, 1.807) is 0 Å². The predicted octanol–water partition coefficient (Wildman–Crippen LogP) is 1.65. The van der Waals surface area contributed by atoms with E-state index in [-0.39, 0.29) is 17.4 Å². The fourth-order valence-corrected chi connectivity index (χ4v) is 4.56. The van der Waals surface area contributed by atoms with Gasteiger partial charge >= 0.3 is 0 Å². The van der Waals surface area contributed by atoms with E-state index >= 15 is 0 Å². The van der Waals surface area contributed by atoms with Gasteiger partial charge in [-0.15, -0.1) is 0 Å². The lowest BCUT2D eigenvalue weighted by atomic mass is 10.0. The standard InChI is InChI=1S/C20H33N3O3/c1-5-6-15(2)26-14-20(3,4)23-13-16-11-17(23)12-21(16)9-10-22-18(24)7-8-19(22)25/h7-8,15-17H,5-6,9-14H2,1-4H3. The number of carbonyl (C=O) groups is 2. The molecule has 3 aliphatic rings. The lowest BCUT2D eigenvalue weighted by Gasteiger charge is -2.44. The second kappa shape index (κ2) is 7.79. The first kappa shape index (κ1) is 19.5. The normalized spacial score (nSPS) is 27.9. The molecule has 3 aliphatic heterocycles. The minimum Gasteiger partial charge on any atom is -0.377 e. The van der Waals surface area contributed by atoms with Gasteiger partial charge in [0.05, 0.1) is 12.7 Å². The summed E-state index contributed by atoms with van der Waals surface area (Å²) in [4.78, 5) is 29.8. The molecule has 0 aromatic heterocycles. The fourth-order valence-electron chi connectivity index (χ4n) is 4.56. The molecular formula is C20H33N3O3. The smallest absolute Gasteiger partial charge is 0.253 e. The van der Waals surface area contributed by atoms with Gasteiger partial charge in [0.1, 0.15) is 0 Å². The van der Waals surface area contributed by atoms with E-state index in [2.05, 4.69) is 37.5 Å². The Labute approximate surface area is 157 Å². The predicted molar refractivity (Wildman–Crippen MR) is 101 cm³/mol. The number of rotatable bonds is 9. The van der Waals surface area contributed by atoms with Crippen LogP contribution < -0.4 is 0 Å². The fraction of sp³-hybridized carbons (Fsp3) is 0.800. The number of hydrogen-bond acceptors (Lipinski definition) is 5. The number of hydrogen-bond donors (Lipinski definition) is 0. The third kappa shape index (κ3) is 4.02. The van der Waals surface area contributed by atoms with Crippen molar-refractivity contribution < 1.29 is 14.3 Å². The van der Waals surface area contributed by atoms with E-state index in [4.69, 9.17) is 4.74 Å². The highest BCUT2D eigenvalue weighted by atomic mass is 16.5. The minimum atomic E-state index is -0.180. The average Bonchev–Trinajstić information content (AvgIpc) is 3.27. The van der Waals surface area contributed by atoms with Crippen molar-refractivity contribution >= 4 is 11.8 Å². The Kier molecular flexibility index (Phi) is 5.85. The number of ether oxygens (including phenoxy) is 1. The third-order valence-electron chi connectivity index (χ3n) is 6.06. The molecule has 3 heterocycles. The molecule has 0 spiro atoms. The summed E-state index contributed by atoms with van der Waals surface area (Å²) >= 11 is 0. The molecule has 2 bridgehead atoms. The third-order valence-corrected chi connectivity index (χ3v) is 6.06. The first-order valence-corrected chi connectivity index (χ1v) is 9.97. The Morgan fingerprint density at radius 3 is 2.42 bits per heavy atom. The highest BCUT2D eigenvalue weighted by molar-refractivity contribution is 6.12. The molecule has 0 radical (unpaired) electrons. The van der Waals surface area contributed by atoms with Crippen LogP contribution in [0.4, 0.5) is 0 Å². The van der Waals surface area contributed by atoms with Crippen molar-refractivity contribution in [2.45, 2.75) is 70.7 Å². The zero-order chi connectivity index (χ0) is 18.9. The summed E-state index contributed by atoms with van der Waals surface area (Å²) < 4.78 is 6.09. The first-order chi connectivity index (χ1) is 12.3.